The number of amides is 2. The Bertz CT molecular complexity index is 439. The molecule has 1 atom stereocenters. The second-order valence-corrected chi connectivity index (χ2v) is 5.30. The number of rotatable bonds is 4. The van der Waals surface area contributed by atoms with E-state index in [1.807, 2.05) is 0 Å². The second-order valence-electron chi connectivity index (χ2n) is 5.30. The fraction of sp³-hybridized carbons (Fsp3) is 0.769. The number of nitrogens with zero attached hydrogens (tertiary/aromatic N) is 2. The molecule has 1 N–H and O–H groups in total. The minimum absolute atomic E-state index is 0.0863. The van der Waals surface area contributed by atoms with Crippen molar-refractivity contribution in [3.8, 4) is 0 Å². The maximum atomic E-state index is 12.3. The highest BCUT2D eigenvalue weighted by molar-refractivity contribution is 5.80. The van der Waals surface area contributed by atoms with E-state index < -0.39 is 36.9 Å². The maximum absolute atomic E-state index is 12.3. The van der Waals surface area contributed by atoms with Gasteiger partial charge in [0.1, 0.15) is 13.0 Å². The maximum Gasteiger partial charge on any atom is 0.397 e. The van der Waals surface area contributed by atoms with Gasteiger partial charge in [-0.3, -0.25) is 14.4 Å². The highest BCUT2D eigenvalue weighted by Crippen LogP contribution is 2.23. The Kier molecular flexibility index (Phi) is 6.19. The molecule has 1 fully saturated rings. The molecule has 1 heterocycles. The van der Waals surface area contributed by atoms with E-state index in [1.165, 1.54) is 11.8 Å². The van der Waals surface area contributed by atoms with Gasteiger partial charge in [-0.2, -0.15) is 13.2 Å². The van der Waals surface area contributed by atoms with Crippen LogP contribution in [-0.4, -0.2) is 64.5 Å². The van der Waals surface area contributed by atoms with Crippen LogP contribution >= 0.6 is 0 Å². The first-order valence-electron chi connectivity index (χ1n) is 6.93. The Hall–Kier alpha value is -1.80. The third-order valence-electron chi connectivity index (χ3n) is 3.55. The summed E-state index contributed by atoms with van der Waals surface area (Å²) >= 11 is 0. The Morgan fingerprint density at radius 1 is 1.23 bits per heavy atom. The standard InChI is InChI=1S/C13H19F3N2O4/c1-9(19)18(8-12(21)22)10-3-2-5-17(6-4-10)11(20)7-13(14,15)16/h10H,2-8H2,1H3,(H,21,22)/t10-/m1/s1. The van der Waals surface area contributed by atoms with Crippen LogP contribution in [0.25, 0.3) is 0 Å². The number of aliphatic carboxylic acids is 1. The summed E-state index contributed by atoms with van der Waals surface area (Å²) in [5.74, 6) is -2.53. The van der Waals surface area contributed by atoms with E-state index in [-0.39, 0.29) is 25.6 Å². The molecule has 6 nitrogen and oxygen atoms in total. The van der Waals surface area contributed by atoms with Crippen molar-refractivity contribution in [2.24, 2.45) is 0 Å². The molecule has 0 aliphatic carbocycles. The molecule has 0 radical (unpaired) electrons. The summed E-state index contributed by atoms with van der Waals surface area (Å²) in [6.07, 6.45) is -4.88. The van der Waals surface area contributed by atoms with Gasteiger partial charge in [-0.15, -0.1) is 0 Å². The molecular formula is C13H19F3N2O4. The molecule has 0 unspecified atom stereocenters. The zero-order valence-electron chi connectivity index (χ0n) is 12.2. The number of halogens is 3. The van der Waals surface area contributed by atoms with Crippen molar-refractivity contribution in [2.45, 2.75) is 44.8 Å². The zero-order chi connectivity index (χ0) is 16.9. The molecule has 0 aromatic carbocycles. The van der Waals surface area contributed by atoms with Crippen molar-refractivity contribution in [2.75, 3.05) is 19.6 Å². The second kappa shape index (κ2) is 7.46. The molecule has 1 saturated heterocycles. The minimum Gasteiger partial charge on any atom is -0.480 e. The topological polar surface area (TPSA) is 77.9 Å². The average molecular weight is 324 g/mol. The van der Waals surface area contributed by atoms with E-state index >= 15 is 0 Å². The van der Waals surface area contributed by atoms with Gasteiger partial charge in [0, 0.05) is 26.1 Å². The lowest BCUT2D eigenvalue weighted by atomic mass is 10.1. The average Bonchev–Trinajstić information content (AvgIpc) is 2.58. The SMILES string of the molecule is CC(=O)N(CC(=O)O)[C@@H]1CCCN(C(=O)CC(F)(F)F)CC1. The molecule has 0 bridgehead atoms. The highest BCUT2D eigenvalue weighted by Gasteiger charge is 2.34. The number of carbonyl (C=O) groups is 3. The van der Waals surface area contributed by atoms with Crippen LogP contribution in [0.2, 0.25) is 0 Å². The summed E-state index contributed by atoms with van der Waals surface area (Å²) in [5.41, 5.74) is 0. The quantitative estimate of drug-likeness (QED) is 0.844. The molecule has 1 aliphatic heterocycles. The first-order valence-corrected chi connectivity index (χ1v) is 6.93. The first-order chi connectivity index (χ1) is 10.1. The van der Waals surface area contributed by atoms with Crippen molar-refractivity contribution < 1.29 is 32.7 Å². The fourth-order valence-electron chi connectivity index (χ4n) is 2.57. The van der Waals surface area contributed by atoms with Gasteiger partial charge in [0.25, 0.3) is 0 Å². The number of hydrogen-bond acceptors (Lipinski definition) is 3. The van der Waals surface area contributed by atoms with Crippen LogP contribution in [0.3, 0.4) is 0 Å². The van der Waals surface area contributed by atoms with Gasteiger partial charge in [-0.1, -0.05) is 0 Å². The Labute approximate surface area is 125 Å². The van der Waals surface area contributed by atoms with Crippen LogP contribution < -0.4 is 0 Å². The molecular weight excluding hydrogens is 305 g/mol. The summed E-state index contributed by atoms with van der Waals surface area (Å²) in [5, 5.41) is 8.82. The van der Waals surface area contributed by atoms with Crippen LogP contribution in [0.15, 0.2) is 0 Å². The Balaban J connectivity index is 2.66. The van der Waals surface area contributed by atoms with E-state index in [4.69, 9.17) is 5.11 Å². The van der Waals surface area contributed by atoms with Crippen LogP contribution in [0.4, 0.5) is 13.2 Å². The van der Waals surface area contributed by atoms with Gasteiger partial charge in [0.15, 0.2) is 0 Å². The van der Waals surface area contributed by atoms with Gasteiger partial charge in [-0.05, 0) is 19.3 Å². The Morgan fingerprint density at radius 2 is 1.86 bits per heavy atom. The lowest BCUT2D eigenvalue weighted by Crippen LogP contribution is -2.43. The lowest BCUT2D eigenvalue weighted by Gasteiger charge is -2.29. The van der Waals surface area contributed by atoms with Gasteiger partial charge in [0.2, 0.25) is 11.8 Å². The van der Waals surface area contributed by atoms with Crippen LogP contribution in [0.5, 0.6) is 0 Å². The number of alkyl halides is 3. The largest absolute Gasteiger partial charge is 0.480 e. The van der Waals surface area contributed by atoms with Crippen LogP contribution in [0, 0.1) is 0 Å². The Morgan fingerprint density at radius 3 is 2.36 bits per heavy atom. The molecule has 0 saturated carbocycles. The molecule has 22 heavy (non-hydrogen) atoms. The normalized spacial score (nSPS) is 19.5. The molecule has 2 amide bonds. The predicted octanol–water partition coefficient (Wildman–Crippen LogP) is 1.25. The molecule has 0 aromatic heterocycles. The molecule has 9 heteroatoms. The van der Waals surface area contributed by atoms with E-state index in [2.05, 4.69) is 0 Å². The molecule has 1 aliphatic rings. The third-order valence-corrected chi connectivity index (χ3v) is 3.55. The summed E-state index contributed by atoms with van der Waals surface area (Å²) in [7, 11) is 0. The first kappa shape index (κ1) is 18.2. The monoisotopic (exact) mass is 324 g/mol. The number of carboxylic acids is 1. The van der Waals surface area contributed by atoms with Crippen molar-refractivity contribution in [1.82, 2.24) is 9.80 Å². The van der Waals surface area contributed by atoms with Crippen molar-refractivity contribution in [3.63, 3.8) is 0 Å². The summed E-state index contributed by atoms with van der Waals surface area (Å²) in [6, 6.07) is -0.378. The minimum atomic E-state index is -4.54. The van der Waals surface area contributed by atoms with Crippen molar-refractivity contribution in [1.29, 1.82) is 0 Å². The third kappa shape index (κ3) is 5.90. The van der Waals surface area contributed by atoms with Gasteiger partial charge < -0.3 is 14.9 Å². The van der Waals surface area contributed by atoms with E-state index in [9.17, 15) is 27.6 Å². The molecule has 1 rings (SSSR count). The van der Waals surface area contributed by atoms with Gasteiger partial charge in [-0.25, -0.2) is 0 Å². The van der Waals surface area contributed by atoms with E-state index in [0.29, 0.717) is 12.8 Å². The fourth-order valence-corrected chi connectivity index (χ4v) is 2.57. The molecule has 126 valence electrons. The number of likely N-dealkylation sites (tertiary alicyclic amines) is 1. The van der Waals surface area contributed by atoms with Gasteiger partial charge >= 0.3 is 12.1 Å². The summed E-state index contributed by atoms with van der Waals surface area (Å²) in [6.45, 7) is 1.07. The van der Waals surface area contributed by atoms with Gasteiger partial charge in [0.05, 0.1) is 0 Å². The van der Waals surface area contributed by atoms with Crippen LogP contribution in [-0.2, 0) is 14.4 Å². The van der Waals surface area contributed by atoms with Crippen molar-refractivity contribution in [3.05, 3.63) is 0 Å². The zero-order valence-corrected chi connectivity index (χ0v) is 12.2. The van der Waals surface area contributed by atoms with E-state index in [1.54, 1.807) is 0 Å². The van der Waals surface area contributed by atoms with E-state index in [0.717, 1.165) is 4.90 Å². The van der Waals surface area contributed by atoms with Crippen molar-refractivity contribution >= 4 is 17.8 Å². The number of carbonyl (C=O) groups excluding carboxylic acids is 2. The molecule has 0 spiro atoms. The number of hydrogen-bond donors (Lipinski definition) is 1. The number of carboxylic acid groups (broad SMARTS) is 1. The lowest BCUT2D eigenvalue weighted by molar-refractivity contribution is -0.161. The smallest absolute Gasteiger partial charge is 0.397 e. The summed E-state index contributed by atoms with van der Waals surface area (Å²) in [4.78, 5) is 36.2. The highest BCUT2D eigenvalue weighted by atomic mass is 19.4. The van der Waals surface area contributed by atoms with Crippen LogP contribution in [0.1, 0.15) is 32.6 Å². The summed E-state index contributed by atoms with van der Waals surface area (Å²) < 4.78 is 36.8. The molecule has 0 aromatic rings. The predicted molar refractivity (Wildman–Crippen MR) is 69.9 cm³/mol.